The number of aryl methyl sites for hydroxylation is 1. The topological polar surface area (TPSA) is 62.3 Å². The first-order valence-corrected chi connectivity index (χ1v) is 9.86. The molecule has 2 aromatic rings. The maximum absolute atomic E-state index is 13.6. The van der Waals surface area contributed by atoms with Crippen LogP contribution < -0.4 is 5.32 Å². The number of benzene rings is 1. The van der Waals surface area contributed by atoms with Crippen LogP contribution in [0.4, 0.5) is 17.6 Å². The lowest BCUT2D eigenvalue weighted by atomic mass is 10.1. The Morgan fingerprint density at radius 1 is 1.34 bits per heavy atom. The number of carbonyl (C=O) groups excluding carboxylic acids is 2. The molecule has 1 aliphatic carbocycles. The van der Waals surface area contributed by atoms with E-state index in [0.29, 0.717) is 22.0 Å². The van der Waals surface area contributed by atoms with Crippen molar-refractivity contribution >= 4 is 23.2 Å². The Morgan fingerprint density at radius 2 is 2.10 bits per heavy atom. The summed E-state index contributed by atoms with van der Waals surface area (Å²) in [6.45, 7) is 1.88. The van der Waals surface area contributed by atoms with Crippen molar-refractivity contribution in [2.75, 3.05) is 13.1 Å². The highest BCUT2D eigenvalue weighted by Crippen LogP contribution is 2.50. The second kappa shape index (κ2) is 7.08. The normalized spacial score (nSPS) is 23.1. The first kappa shape index (κ1) is 19.8. The van der Waals surface area contributed by atoms with E-state index in [1.165, 1.54) is 34.4 Å². The van der Waals surface area contributed by atoms with Gasteiger partial charge in [0.05, 0.1) is 15.9 Å². The van der Waals surface area contributed by atoms with Crippen molar-refractivity contribution in [1.29, 1.82) is 0 Å². The number of thiazole rings is 1. The molecule has 1 aliphatic heterocycles. The fourth-order valence-electron chi connectivity index (χ4n) is 3.90. The summed E-state index contributed by atoms with van der Waals surface area (Å²) in [5.41, 5.74) is 0.678. The van der Waals surface area contributed by atoms with Gasteiger partial charge < -0.3 is 10.2 Å². The number of halogens is 4. The van der Waals surface area contributed by atoms with Crippen molar-refractivity contribution in [3.63, 3.8) is 0 Å². The van der Waals surface area contributed by atoms with E-state index in [9.17, 15) is 27.2 Å². The van der Waals surface area contributed by atoms with E-state index in [-0.39, 0.29) is 24.1 Å². The van der Waals surface area contributed by atoms with Crippen molar-refractivity contribution in [3.8, 4) is 10.4 Å². The molecule has 1 aromatic carbocycles. The first-order chi connectivity index (χ1) is 13.6. The average Bonchev–Trinajstić information content (AvgIpc) is 3.16. The summed E-state index contributed by atoms with van der Waals surface area (Å²) in [6, 6.07) is 5.31. The lowest BCUT2D eigenvalue weighted by Crippen LogP contribution is -2.48. The summed E-state index contributed by atoms with van der Waals surface area (Å²) in [4.78, 5) is 30.7. The first-order valence-electron chi connectivity index (χ1n) is 9.04. The highest BCUT2D eigenvalue weighted by atomic mass is 32.1. The third-order valence-corrected chi connectivity index (χ3v) is 6.34. The zero-order chi connectivity index (χ0) is 20.9. The smallest absolute Gasteiger partial charge is 0.346 e. The third kappa shape index (κ3) is 3.85. The van der Waals surface area contributed by atoms with E-state index in [1.54, 1.807) is 13.0 Å². The van der Waals surface area contributed by atoms with Crippen molar-refractivity contribution in [1.82, 2.24) is 15.2 Å². The lowest BCUT2D eigenvalue weighted by molar-refractivity contribution is -0.173. The van der Waals surface area contributed by atoms with Gasteiger partial charge in [-0.25, -0.2) is 9.37 Å². The monoisotopic (exact) mass is 427 g/mol. The van der Waals surface area contributed by atoms with Crippen LogP contribution in [0.1, 0.15) is 21.9 Å². The number of nitrogens with zero attached hydrogens (tertiary/aromatic N) is 2. The average molecular weight is 427 g/mol. The second-order valence-electron chi connectivity index (χ2n) is 7.31. The van der Waals surface area contributed by atoms with Gasteiger partial charge in [0, 0.05) is 13.1 Å². The van der Waals surface area contributed by atoms with E-state index in [1.807, 2.05) is 5.32 Å². The van der Waals surface area contributed by atoms with Gasteiger partial charge in [0.25, 0.3) is 5.91 Å². The predicted molar refractivity (Wildman–Crippen MR) is 97.7 cm³/mol. The number of piperidine rings is 1. The zero-order valence-corrected chi connectivity index (χ0v) is 16.1. The van der Waals surface area contributed by atoms with Gasteiger partial charge in [-0.3, -0.25) is 9.59 Å². The largest absolute Gasteiger partial charge is 0.471 e. The fraction of sp³-hybridized carbons (Fsp3) is 0.421. The molecular formula is C19H17F4N3O2S. The molecule has 1 saturated carbocycles. The van der Waals surface area contributed by atoms with Crippen LogP contribution in [-0.4, -0.2) is 47.0 Å². The summed E-state index contributed by atoms with van der Waals surface area (Å²) in [7, 11) is 0. The van der Waals surface area contributed by atoms with E-state index >= 15 is 0 Å². The van der Waals surface area contributed by atoms with Crippen LogP contribution in [0, 0.1) is 24.6 Å². The standard InChI is InChI=1S/C19H17F4N3O2S/c1-9-25-15(16(29-9)10-3-2-4-12(20)5-10)17(27)26-8-11-6-13(11)14(26)7-24-18(28)19(21,22)23/h2-5,11,13-14H,6-8H2,1H3,(H,24,28)/t11-,13?,14-/m1/s1. The molecule has 3 atom stereocenters. The SMILES string of the molecule is Cc1nc(C(=O)N2C[C@H]3CC3[C@H]2CNC(=O)C(F)(F)F)c(-c2cccc(F)c2)s1. The Kier molecular flexibility index (Phi) is 4.84. The number of aromatic nitrogens is 1. The number of nitrogens with one attached hydrogen (secondary N) is 1. The maximum Gasteiger partial charge on any atom is 0.471 e. The van der Waals surface area contributed by atoms with Gasteiger partial charge >= 0.3 is 12.1 Å². The molecule has 154 valence electrons. The summed E-state index contributed by atoms with van der Waals surface area (Å²) in [5.74, 6) is -2.57. The molecule has 2 aliphatic rings. The Hall–Kier alpha value is -2.49. The van der Waals surface area contributed by atoms with E-state index in [2.05, 4.69) is 4.98 Å². The minimum Gasteiger partial charge on any atom is -0.346 e. The van der Waals surface area contributed by atoms with Crippen LogP contribution in [0.15, 0.2) is 24.3 Å². The van der Waals surface area contributed by atoms with Gasteiger partial charge in [0.15, 0.2) is 0 Å². The summed E-state index contributed by atoms with van der Waals surface area (Å²) in [6.07, 6.45) is -4.14. The number of hydrogen-bond acceptors (Lipinski definition) is 4. The molecule has 2 amide bonds. The summed E-state index contributed by atoms with van der Waals surface area (Å²) >= 11 is 1.25. The Labute approximate surface area is 167 Å². The molecule has 1 N–H and O–H groups in total. The number of amides is 2. The van der Waals surface area contributed by atoms with Crippen LogP contribution in [0.5, 0.6) is 0 Å². The van der Waals surface area contributed by atoms with E-state index in [4.69, 9.17) is 0 Å². The van der Waals surface area contributed by atoms with E-state index < -0.39 is 29.8 Å². The molecule has 29 heavy (non-hydrogen) atoms. The van der Waals surface area contributed by atoms with Crippen LogP contribution in [-0.2, 0) is 4.79 Å². The molecule has 0 bridgehead atoms. The number of likely N-dealkylation sites (tertiary alicyclic amines) is 1. The van der Waals surface area contributed by atoms with Gasteiger partial charge in [-0.05, 0) is 42.9 Å². The van der Waals surface area contributed by atoms with Crippen LogP contribution in [0.2, 0.25) is 0 Å². The molecule has 5 nitrogen and oxygen atoms in total. The number of hydrogen-bond donors (Lipinski definition) is 1. The molecular weight excluding hydrogens is 410 g/mol. The Bertz CT molecular complexity index is 975. The van der Waals surface area contributed by atoms with Gasteiger partial charge in [-0.15, -0.1) is 11.3 Å². The van der Waals surface area contributed by atoms with Gasteiger partial charge in [-0.1, -0.05) is 12.1 Å². The van der Waals surface area contributed by atoms with Crippen molar-refractivity contribution in [2.24, 2.45) is 11.8 Å². The second-order valence-corrected chi connectivity index (χ2v) is 8.52. The molecule has 1 saturated heterocycles. The highest BCUT2D eigenvalue weighted by Gasteiger charge is 2.54. The molecule has 2 heterocycles. The number of rotatable bonds is 4. The zero-order valence-electron chi connectivity index (χ0n) is 15.3. The number of alkyl halides is 3. The van der Waals surface area contributed by atoms with Gasteiger partial charge in [-0.2, -0.15) is 13.2 Å². The predicted octanol–water partition coefficient (Wildman–Crippen LogP) is 3.40. The quantitative estimate of drug-likeness (QED) is 0.761. The molecule has 1 aromatic heterocycles. The molecule has 10 heteroatoms. The third-order valence-electron chi connectivity index (χ3n) is 5.32. The van der Waals surface area contributed by atoms with Crippen LogP contribution >= 0.6 is 11.3 Å². The van der Waals surface area contributed by atoms with Crippen molar-refractivity contribution < 1.29 is 27.2 Å². The molecule has 4 rings (SSSR count). The van der Waals surface area contributed by atoms with E-state index in [0.717, 1.165) is 6.42 Å². The number of fused-ring (bicyclic) bond motifs is 1. The summed E-state index contributed by atoms with van der Waals surface area (Å²) in [5, 5.41) is 2.52. The number of carbonyl (C=O) groups is 2. The Balaban J connectivity index is 1.57. The van der Waals surface area contributed by atoms with Crippen LogP contribution in [0.3, 0.4) is 0 Å². The van der Waals surface area contributed by atoms with Crippen molar-refractivity contribution in [3.05, 3.63) is 40.8 Å². The van der Waals surface area contributed by atoms with Gasteiger partial charge in [0.1, 0.15) is 11.5 Å². The molecule has 0 spiro atoms. The van der Waals surface area contributed by atoms with Crippen molar-refractivity contribution in [2.45, 2.75) is 25.6 Å². The minimum atomic E-state index is -4.97. The van der Waals surface area contributed by atoms with Gasteiger partial charge in [0.2, 0.25) is 0 Å². The lowest BCUT2D eigenvalue weighted by Gasteiger charge is -2.27. The minimum absolute atomic E-state index is 0.0739. The van der Waals surface area contributed by atoms with Crippen LogP contribution in [0.25, 0.3) is 10.4 Å². The molecule has 1 unspecified atom stereocenters. The molecule has 2 fully saturated rings. The maximum atomic E-state index is 13.6. The Morgan fingerprint density at radius 3 is 2.79 bits per heavy atom. The molecule has 0 radical (unpaired) electrons. The fourth-order valence-corrected chi connectivity index (χ4v) is 4.80. The summed E-state index contributed by atoms with van der Waals surface area (Å²) < 4.78 is 51.1. The highest BCUT2D eigenvalue weighted by molar-refractivity contribution is 7.15.